The van der Waals surface area contributed by atoms with Crippen LogP contribution in [-0.4, -0.2) is 5.78 Å². The molecule has 0 saturated heterocycles. The molecule has 2 aromatic carbocycles. The molecule has 0 aliphatic carbocycles. The number of carbonyl (C=O) groups excluding carboxylic acids is 1. The lowest BCUT2D eigenvalue weighted by atomic mass is 10.0. The van der Waals surface area contributed by atoms with Crippen molar-refractivity contribution in [3.8, 4) is 0 Å². The number of anilines is 1. The zero-order valence-corrected chi connectivity index (χ0v) is 12.1. The normalized spacial score (nSPS) is 10.5. The first-order valence-corrected chi connectivity index (χ1v) is 6.66. The average Bonchev–Trinajstić information content (AvgIpc) is 2.36. The van der Waals surface area contributed by atoms with Gasteiger partial charge in [0.15, 0.2) is 5.78 Å². The van der Waals surface area contributed by atoms with E-state index in [1.807, 2.05) is 0 Å². The Morgan fingerprint density at radius 1 is 1.26 bits per heavy atom. The van der Waals surface area contributed by atoms with Crippen LogP contribution in [0.1, 0.15) is 15.9 Å². The average molecular weight is 343 g/mol. The first-order chi connectivity index (χ1) is 8.97. The minimum atomic E-state index is -0.422. The van der Waals surface area contributed by atoms with Gasteiger partial charge in [0.1, 0.15) is 5.82 Å². The maximum absolute atomic E-state index is 13.1. The molecule has 2 N–H and O–H groups in total. The number of benzene rings is 2. The van der Waals surface area contributed by atoms with Crippen molar-refractivity contribution >= 4 is 39.0 Å². The van der Waals surface area contributed by atoms with Crippen molar-refractivity contribution in [1.82, 2.24) is 0 Å². The summed E-state index contributed by atoms with van der Waals surface area (Å²) in [6.45, 7) is 0. The Morgan fingerprint density at radius 2 is 2.00 bits per heavy atom. The molecule has 5 heteroatoms. The zero-order chi connectivity index (χ0) is 14.0. The van der Waals surface area contributed by atoms with E-state index < -0.39 is 5.82 Å². The van der Waals surface area contributed by atoms with Crippen LogP contribution in [-0.2, 0) is 6.42 Å². The van der Waals surface area contributed by atoms with Crippen molar-refractivity contribution in [2.24, 2.45) is 0 Å². The highest BCUT2D eigenvalue weighted by Gasteiger charge is 2.13. The SMILES string of the molecule is Nc1ccc(Br)cc1C(=O)Cc1cc(F)ccc1Cl. The molecule has 98 valence electrons. The van der Waals surface area contributed by atoms with E-state index in [1.165, 1.54) is 18.2 Å². The van der Waals surface area contributed by atoms with Gasteiger partial charge >= 0.3 is 0 Å². The molecular formula is C14H10BrClFNO. The smallest absolute Gasteiger partial charge is 0.169 e. The molecule has 0 unspecified atom stereocenters. The van der Waals surface area contributed by atoms with Crippen LogP contribution in [0.3, 0.4) is 0 Å². The molecule has 0 saturated carbocycles. The maximum Gasteiger partial charge on any atom is 0.169 e. The van der Waals surface area contributed by atoms with Gasteiger partial charge in [0.25, 0.3) is 0 Å². The van der Waals surface area contributed by atoms with E-state index in [0.29, 0.717) is 21.8 Å². The van der Waals surface area contributed by atoms with E-state index in [9.17, 15) is 9.18 Å². The number of hydrogen-bond acceptors (Lipinski definition) is 2. The van der Waals surface area contributed by atoms with Crippen LogP contribution in [0.25, 0.3) is 0 Å². The van der Waals surface area contributed by atoms with Crippen LogP contribution in [0.2, 0.25) is 5.02 Å². The summed E-state index contributed by atoms with van der Waals surface area (Å²) in [6, 6.07) is 8.98. The fraction of sp³-hybridized carbons (Fsp3) is 0.0714. The molecule has 0 spiro atoms. The molecule has 0 aliphatic rings. The standard InChI is InChI=1S/C14H10BrClFNO/c15-9-1-4-13(18)11(7-9)14(19)6-8-5-10(17)2-3-12(8)16/h1-5,7H,6,18H2. The maximum atomic E-state index is 13.1. The molecule has 0 radical (unpaired) electrons. The fourth-order valence-electron chi connectivity index (χ4n) is 1.72. The van der Waals surface area contributed by atoms with Gasteiger partial charge in [-0.2, -0.15) is 0 Å². The molecule has 2 aromatic rings. The Balaban J connectivity index is 2.30. The fourth-order valence-corrected chi connectivity index (χ4v) is 2.26. The molecule has 0 aliphatic heterocycles. The van der Waals surface area contributed by atoms with Crippen LogP contribution in [0.4, 0.5) is 10.1 Å². The van der Waals surface area contributed by atoms with E-state index >= 15 is 0 Å². The van der Waals surface area contributed by atoms with Crippen molar-refractivity contribution in [1.29, 1.82) is 0 Å². The summed E-state index contributed by atoms with van der Waals surface area (Å²) in [4.78, 5) is 12.2. The minimum absolute atomic E-state index is 0.0112. The second kappa shape index (κ2) is 5.72. The van der Waals surface area contributed by atoms with Crippen molar-refractivity contribution in [2.75, 3.05) is 5.73 Å². The number of hydrogen-bond donors (Lipinski definition) is 1. The van der Waals surface area contributed by atoms with Gasteiger partial charge in [0.2, 0.25) is 0 Å². The number of rotatable bonds is 3. The number of carbonyl (C=O) groups is 1. The largest absolute Gasteiger partial charge is 0.398 e. The Bertz CT molecular complexity index is 645. The molecule has 2 rings (SSSR count). The third-order valence-corrected chi connectivity index (χ3v) is 3.54. The van der Waals surface area contributed by atoms with Gasteiger partial charge in [0, 0.05) is 27.2 Å². The van der Waals surface area contributed by atoms with Crippen molar-refractivity contribution in [2.45, 2.75) is 6.42 Å². The highest BCUT2D eigenvalue weighted by atomic mass is 79.9. The second-order valence-electron chi connectivity index (χ2n) is 4.07. The Labute approximate surface area is 123 Å². The van der Waals surface area contributed by atoms with Gasteiger partial charge in [-0.05, 0) is 42.0 Å². The van der Waals surface area contributed by atoms with Crippen molar-refractivity contribution in [3.05, 3.63) is 62.8 Å². The molecule has 0 atom stereocenters. The van der Waals surface area contributed by atoms with Crippen LogP contribution < -0.4 is 5.73 Å². The van der Waals surface area contributed by atoms with Crippen molar-refractivity contribution in [3.63, 3.8) is 0 Å². The summed E-state index contributed by atoms with van der Waals surface area (Å²) in [5.41, 5.74) is 7.00. The summed E-state index contributed by atoms with van der Waals surface area (Å²) >= 11 is 9.22. The number of ketones is 1. The van der Waals surface area contributed by atoms with Crippen LogP contribution in [0, 0.1) is 5.82 Å². The summed E-state index contributed by atoms with van der Waals surface area (Å²) < 4.78 is 13.9. The number of nitrogens with two attached hydrogens (primary N) is 1. The van der Waals surface area contributed by atoms with Crippen LogP contribution >= 0.6 is 27.5 Å². The summed E-state index contributed by atoms with van der Waals surface area (Å²) in [5, 5.41) is 0.364. The Hall–Kier alpha value is -1.39. The lowest BCUT2D eigenvalue weighted by Gasteiger charge is -2.07. The lowest BCUT2D eigenvalue weighted by Crippen LogP contribution is -2.07. The first kappa shape index (κ1) is 14.0. The van der Waals surface area contributed by atoms with Gasteiger partial charge in [-0.1, -0.05) is 27.5 Å². The number of Topliss-reactive ketones (excluding diaryl/α,β-unsaturated/α-hetero) is 1. The molecule has 0 fully saturated rings. The van der Waals surface area contributed by atoms with E-state index in [2.05, 4.69) is 15.9 Å². The first-order valence-electron chi connectivity index (χ1n) is 5.49. The van der Waals surface area contributed by atoms with E-state index in [0.717, 1.165) is 4.47 Å². The van der Waals surface area contributed by atoms with Gasteiger partial charge in [-0.3, -0.25) is 4.79 Å². The second-order valence-corrected chi connectivity index (χ2v) is 5.39. The van der Waals surface area contributed by atoms with Gasteiger partial charge < -0.3 is 5.73 Å². The lowest BCUT2D eigenvalue weighted by molar-refractivity contribution is 0.0993. The predicted molar refractivity (Wildman–Crippen MR) is 78.0 cm³/mol. The molecular weight excluding hydrogens is 333 g/mol. The minimum Gasteiger partial charge on any atom is -0.398 e. The van der Waals surface area contributed by atoms with Crippen LogP contribution in [0.5, 0.6) is 0 Å². The molecule has 2 nitrogen and oxygen atoms in total. The zero-order valence-electron chi connectivity index (χ0n) is 9.79. The highest BCUT2D eigenvalue weighted by Crippen LogP contribution is 2.23. The Kier molecular flexibility index (Phi) is 4.22. The van der Waals surface area contributed by atoms with Crippen LogP contribution in [0.15, 0.2) is 40.9 Å². The van der Waals surface area contributed by atoms with E-state index in [1.54, 1.807) is 18.2 Å². The summed E-state index contributed by atoms with van der Waals surface area (Å²) in [7, 11) is 0. The molecule has 19 heavy (non-hydrogen) atoms. The Morgan fingerprint density at radius 3 is 2.74 bits per heavy atom. The van der Waals surface area contributed by atoms with Gasteiger partial charge in [0.05, 0.1) is 0 Å². The van der Waals surface area contributed by atoms with Crippen molar-refractivity contribution < 1.29 is 9.18 Å². The third kappa shape index (κ3) is 3.33. The molecule has 0 bridgehead atoms. The number of nitrogen functional groups attached to an aromatic ring is 1. The third-order valence-electron chi connectivity index (χ3n) is 2.67. The monoisotopic (exact) mass is 341 g/mol. The summed E-state index contributed by atoms with van der Waals surface area (Å²) in [6.07, 6.45) is 0.0112. The van der Waals surface area contributed by atoms with E-state index in [-0.39, 0.29) is 12.2 Å². The number of halogens is 3. The molecule has 0 amide bonds. The predicted octanol–water partition coefficient (Wildman–Crippen LogP) is 4.25. The van der Waals surface area contributed by atoms with Gasteiger partial charge in [-0.25, -0.2) is 4.39 Å². The molecule has 0 heterocycles. The topological polar surface area (TPSA) is 43.1 Å². The quantitative estimate of drug-likeness (QED) is 0.669. The van der Waals surface area contributed by atoms with E-state index in [4.69, 9.17) is 17.3 Å². The van der Waals surface area contributed by atoms with Gasteiger partial charge in [-0.15, -0.1) is 0 Å². The summed E-state index contributed by atoms with van der Waals surface area (Å²) in [5.74, 6) is -0.624. The highest BCUT2D eigenvalue weighted by molar-refractivity contribution is 9.10. The molecule has 0 aromatic heterocycles.